The molecule has 0 spiro atoms. The van der Waals surface area contributed by atoms with E-state index < -0.39 is 11.5 Å². The number of aliphatic hydroxyl groups is 1. The molecule has 1 aromatic heterocycles. The molecule has 0 aliphatic heterocycles. The van der Waals surface area contributed by atoms with Crippen molar-refractivity contribution in [1.29, 1.82) is 0 Å². The Labute approximate surface area is 118 Å². The van der Waals surface area contributed by atoms with Crippen LogP contribution in [0, 0.1) is 0 Å². The molecule has 0 bridgehead atoms. The highest BCUT2D eigenvalue weighted by molar-refractivity contribution is 6.30. The Morgan fingerprint density at radius 2 is 1.89 bits per heavy atom. The van der Waals surface area contributed by atoms with Gasteiger partial charge in [0.2, 0.25) is 0 Å². The second kappa shape index (κ2) is 5.19. The second-order valence-electron chi connectivity index (χ2n) is 5.12. The van der Waals surface area contributed by atoms with Crippen LogP contribution < -0.4 is 5.73 Å². The van der Waals surface area contributed by atoms with Crippen LogP contribution in [0.15, 0.2) is 42.6 Å². The molecule has 0 radical (unpaired) electrons. The predicted molar refractivity (Wildman–Crippen MR) is 78.1 cm³/mol. The minimum absolute atomic E-state index is 0.306. The molecule has 0 fully saturated rings. The lowest BCUT2D eigenvalue weighted by molar-refractivity contribution is 0.101. The Hall–Kier alpha value is -1.58. The summed E-state index contributed by atoms with van der Waals surface area (Å²) in [6, 6.07) is 11.5. The third-order valence-electron chi connectivity index (χ3n) is 3.41. The summed E-state index contributed by atoms with van der Waals surface area (Å²) in [5.74, 6) is 0.306. The van der Waals surface area contributed by atoms with Crippen molar-refractivity contribution in [2.24, 2.45) is 0 Å². The molecule has 3 nitrogen and oxygen atoms in total. The number of hydrogen-bond donors (Lipinski definition) is 2. The molecule has 1 atom stereocenters. The van der Waals surface area contributed by atoms with Crippen molar-refractivity contribution in [3.8, 4) is 0 Å². The van der Waals surface area contributed by atoms with E-state index in [9.17, 15) is 5.11 Å². The second-order valence-corrected chi connectivity index (χ2v) is 5.55. The third-order valence-corrected chi connectivity index (χ3v) is 3.62. The fourth-order valence-corrected chi connectivity index (χ4v) is 2.27. The topological polar surface area (TPSA) is 59.1 Å². The molecule has 2 aromatic rings. The Balaban J connectivity index is 2.43. The van der Waals surface area contributed by atoms with Crippen LogP contribution in [-0.4, -0.2) is 10.1 Å². The van der Waals surface area contributed by atoms with Gasteiger partial charge in [0, 0.05) is 17.2 Å². The number of nitrogens with zero attached hydrogens (tertiary/aromatic N) is 1. The van der Waals surface area contributed by atoms with E-state index in [4.69, 9.17) is 17.3 Å². The number of aromatic nitrogens is 1. The molecule has 1 unspecified atom stereocenters. The van der Waals surface area contributed by atoms with Gasteiger partial charge in [0.15, 0.2) is 0 Å². The molecule has 0 saturated carbocycles. The summed E-state index contributed by atoms with van der Waals surface area (Å²) in [6.45, 7) is 3.93. The summed E-state index contributed by atoms with van der Waals surface area (Å²) < 4.78 is 0. The summed E-state index contributed by atoms with van der Waals surface area (Å²) in [5.41, 5.74) is 6.94. The van der Waals surface area contributed by atoms with Crippen LogP contribution >= 0.6 is 11.6 Å². The number of benzene rings is 1. The number of nitrogens with two attached hydrogens (primary N) is 1. The maximum absolute atomic E-state index is 10.6. The highest BCUT2D eigenvalue weighted by atomic mass is 35.5. The SMILES string of the molecule is CC(C)(c1ccccc1)C(O)c1cc(Cl)cnc1N. The maximum atomic E-state index is 10.6. The van der Waals surface area contributed by atoms with E-state index in [1.807, 2.05) is 44.2 Å². The van der Waals surface area contributed by atoms with Crippen molar-refractivity contribution in [3.63, 3.8) is 0 Å². The molecule has 1 aromatic carbocycles. The van der Waals surface area contributed by atoms with Gasteiger partial charge in [0.05, 0.1) is 11.1 Å². The average Bonchev–Trinajstić information content (AvgIpc) is 2.41. The van der Waals surface area contributed by atoms with Gasteiger partial charge in [-0.15, -0.1) is 0 Å². The summed E-state index contributed by atoms with van der Waals surface area (Å²) in [5, 5.41) is 11.1. The Morgan fingerprint density at radius 1 is 1.26 bits per heavy atom. The van der Waals surface area contributed by atoms with E-state index in [2.05, 4.69) is 4.98 Å². The average molecular weight is 277 g/mol. The summed E-state index contributed by atoms with van der Waals surface area (Å²) in [7, 11) is 0. The minimum atomic E-state index is -0.777. The fourth-order valence-electron chi connectivity index (χ4n) is 2.10. The number of hydrogen-bond acceptors (Lipinski definition) is 3. The van der Waals surface area contributed by atoms with Crippen LogP contribution in [0.5, 0.6) is 0 Å². The largest absolute Gasteiger partial charge is 0.387 e. The number of halogens is 1. The van der Waals surface area contributed by atoms with Crippen molar-refractivity contribution in [1.82, 2.24) is 4.98 Å². The van der Waals surface area contributed by atoms with Crippen LogP contribution in [0.3, 0.4) is 0 Å². The van der Waals surface area contributed by atoms with Gasteiger partial charge in [0.25, 0.3) is 0 Å². The highest BCUT2D eigenvalue weighted by Crippen LogP contribution is 2.38. The van der Waals surface area contributed by atoms with Gasteiger partial charge >= 0.3 is 0 Å². The van der Waals surface area contributed by atoms with Crippen LogP contribution in [-0.2, 0) is 5.41 Å². The third kappa shape index (κ3) is 2.72. The first kappa shape index (κ1) is 13.8. The normalized spacial score (nSPS) is 13.3. The molecule has 0 saturated heterocycles. The number of pyridine rings is 1. The number of aliphatic hydroxyl groups excluding tert-OH is 1. The van der Waals surface area contributed by atoms with Gasteiger partial charge in [-0.2, -0.15) is 0 Å². The predicted octanol–water partition coefficient (Wildman–Crippen LogP) is 3.33. The monoisotopic (exact) mass is 276 g/mol. The zero-order valence-corrected chi connectivity index (χ0v) is 11.7. The van der Waals surface area contributed by atoms with Gasteiger partial charge in [0.1, 0.15) is 5.82 Å². The molecular weight excluding hydrogens is 260 g/mol. The quantitative estimate of drug-likeness (QED) is 0.904. The smallest absolute Gasteiger partial charge is 0.129 e. The van der Waals surface area contributed by atoms with Crippen LogP contribution in [0.2, 0.25) is 5.02 Å². The van der Waals surface area contributed by atoms with E-state index in [0.717, 1.165) is 5.56 Å². The molecule has 3 N–H and O–H groups in total. The van der Waals surface area contributed by atoms with E-state index in [0.29, 0.717) is 16.4 Å². The molecule has 1 heterocycles. The molecule has 100 valence electrons. The lowest BCUT2D eigenvalue weighted by Crippen LogP contribution is -2.27. The van der Waals surface area contributed by atoms with Crippen LogP contribution in [0.4, 0.5) is 5.82 Å². The Morgan fingerprint density at radius 3 is 2.53 bits per heavy atom. The van der Waals surface area contributed by atoms with E-state index in [1.165, 1.54) is 6.20 Å². The number of rotatable bonds is 3. The standard InChI is InChI=1S/C15H17ClN2O/c1-15(2,10-6-4-3-5-7-10)13(19)12-8-11(16)9-18-14(12)17/h3-9,13,19H,1-2H3,(H2,17,18). The molecule has 0 aliphatic rings. The van der Waals surface area contributed by atoms with Crippen molar-refractivity contribution in [2.45, 2.75) is 25.4 Å². The zero-order valence-electron chi connectivity index (χ0n) is 11.0. The molecular formula is C15H17ClN2O. The fraction of sp³-hybridized carbons (Fsp3) is 0.267. The Kier molecular flexibility index (Phi) is 3.78. The summed E-state index contributed by atoms with van der Waals surface area (Å²) in [6.07, 6.45) is 0.698. The lowest BCUT2D eigenvalue weighted by atomic mass is 9.77. The first-order valence-electron chi connectivity index (χ1n) is 6.07. The van der Waals surface area contributed by atoms with Crippen molar-refractivity contribution in [2.75, 3.05) is 5.73 Å². The minimum Gasteiger partial charge on any atom is -0.387 e. The number of nitrogen functional groups attached to an aromatic ring is 1. The zero-order chi connectivity index (χ0) is 14.0. The first-order valence-corrected chi connectivity index (χ1v) is 6.45. The van der Waals surface area contributed by atoms with E-state index in [-0.39, 0.29) is 0 Å². The van der Waals surface area contributed by atoms with E-state index in [1.54, 1.807) is 6.07 Å². The molecule has 0 aliphatic carbocycles. The van der Waals surface area contributed by atoms with E-state index >= 15 is 0 Å². The molecule has 2 rings (SSSR count). The molecule has 4 heteroatoms. The highest BCUT2D eigenvalue weighted by Gasteiger charge is 2.32. The first-order chi connectivity index (χ1) is 8.93. The molecule has 0 amide bonds. The van der Waals surface area contributed by atoms with Gasteiger partial charge < -0.3 is 10.8 Å². The van der Waals surface area contributed by atoms with Crippen LogP contribution in [0.1, 0.15) is 31.1 Å². The van der Waals surface area contributed by atoms with Gasteiger partial charge in [-0.25, -0.2) is 4.98 Å². The van der Waals surface area contributed by atoms with Gasteiger partial charge in [-0.1, -0.05) is 55.8 Å². The van der Waals surface area contributed by atoms with Crippen molar-refractivity contribution >= 4 is 17.4 Å². The number of anilines is 1. The lowest BCUT2D eigenvalue weighted by Gasteiger charge is -2.31. The maximum Gasteiger partial charge on any atom is 0.129 e. The summed E-state index contributed by atoms with van der Waals surface area (Å²) in [4.78, 5) is 3.99. The molecule has 19 heavy (non-hydrogen) atoms. The Bertz CT molecular complexity index is 570. The van der Waals surface area contributed by atoms with Gasteiger partial charge in [-0.05, 0) is 11.6 Å². The summed E-state index contributed by atoms with van der Waals surface area (Å²) >= 11 is 5.93. The van der Waals surface area contributed by atoms with Crippen molar-refractivity contribution in [3.05, 3.63) is 58.7 Å². The van der Waals surface area contributed by atoms with Crippen LogP contribution in [0.25, 0.3) is 0 Å². The van der Waals surface area contributed by atoms with Gasteiger partial charge in [-0.3, -0.25) is 0 Å². The van der Waals surface area contributed by atoms with Crippen molar-refractivity contribution < 1.29 is 5.11 Å².